The average molecular weight is 339 g/mol. The van der Waals surface area contributed by atoms with Gasteiger partial charge in [-0.1, -0.05) is 24.3 Å². The molecule has 2 heterocycles. The van der Waals surface area contributed by atoms with Crippen molar-refractivity contribution in [2.75, 3.05) is 13.2 Å². The van der Waals surface area contributed by atoms with Crippen LogP contribution in [0.4, 0.5) is 4.79 Å². The molecule has 0 unspecified atom stereocenters. The normalized spacial score (nSPS) is 17.9. The van der Waals surface area contributed by atoms with Crippen molar-refractivity contribution in [2.45, 2.75) is 45.3 Å². The second-order valence-electron chi connectivity index (χ2n) is 6.54. The molecular weight excluding hydrogens is 316 g/mol. The molecule has 6 heteroatoms. The molecule has 1 aliphatic heterocycles. The maximum absolute atomic E-state index is 12.2. The first-order chi connectivity index (χ1) is 10.8. The SMILES string of the molecule is C=Cc1cc(OC[C@H]2CCCN2C(=O)OC(C)(C)C)cnc1Cl. The highest BCUT2D eigenvalue weighted by Crippen LogP contribution is 2.24. The molecule has 1 aromatic heterocycles. The van der Waals surface area contributed by atoms with Gasteiger partial charge in [0.25, 0.3) is 0 Å². The predicted molar refractivity (Wildman–Crippen MR) is 90.8 cm³/mol. The summed E-state index contributed by atoms with van der Waals surface area (Å²) in [4.78, 5) is 18.0. The number of amides is 1. The van der Waals surface area contributed by atoms with Gasteiger partial charge in [-0.2, -0.15) is 0 Å². The lowest BCUT2D eigenvalue weighted by atomic mass is 10.2. The first kappa shape index (κ1) is 17.6. The summed E-state index contributed by atoms with van der Waals surface area (Å²) in [6.45, 7) is 10.4. The third-order valence-electron chi connectivity index (χ3n) is 3.51. The molecule has 0 aliphatic carbocycles. The lowest BCUT2D eigenvalue weighted by Crippen LogP contribution is -2.42. The minimum Gasteiger partial charge on any atom is -0.490 e. The minimum absolute atomic E-state index is 0.00714. The van der Waals surface area contributed by atoms with E-state index in [1.165, 1.54) is 0 Å². The third kappa shape index (κ3) is 4.86. The van der Waals surface area contributed by atoms with E-state index in [4.69, 9.17) is 21.1 Å². The van der Waals surface area contributed by atoms with Crippen LogP contribution in [-0.2, 0) is 4.74 Å². The van der Waals surface area contributed by atoms with Gasteiger partial charge >= 0.3 is 6.09 Å². The van der Waals surface area contributed by atoms with Crippen molar-refractivity contribution in [3.63, 3.8) is 0 Å². The molecule has 1 fully saturated rings. The van der Waals surface area contributed by atoms with Gasteiger partial charge in [0, 0.05) is 12.1 Å². The quantitative estimate of drug-likeness (QED) is 0.774. The Hall–Kier alpha value is -1.75. The number of carbonyl (C=O) groups excluding carboxylic acids is 1. The zero-order chi connectivity index (χ0) is 17.0. The number of hydrogen-bond donors (Lipinski definition) is 0. The van der Waals surface area contributed by atoms with E-state index < -0.39 is 5.60 Å². The van der Waals surface area contributed by atoms with Crippen LogP contribution in [0.3, 0.4) is 0 Å². The van der Waals surface area contributed by atoms with E-state index >= 15 is 0 Å². The Labute approximate surface area is 142 Å². The van der Waals surface area contributed by atoms with Crippen LogP contribution in [0.2, 0.25) is 5.15 Å². The summed E-state index contributed by atoms with van der Waals surface area (Å²) in [6, 6.07) is 1.79. The summed E-state index contributed by atoms with van der Waals surface area (Å²) in [5.41, 5.74) is 0.226. The number of pyridine rings is 1. The smallest absolute Gasteiger partial charge is 0.410 e. The summed E-state index contributed by atoms with van der Waals surface area (Å²) < 4.78 is 11.2. The van der Waals surface area contributed by atoms with Gasteiger partial charge in [-0.3, -0.25) is 0 Å². The Bertz CT molecular complexity index is 584. The van der Waals surface area contributed by atoms with Crippen molar-refractivity contribution < 1.29 is 14.3 Å². The Morgan fingerprint density at radius 2 is 2.30 bits per heavy atom. The first-order valence-electron chi connectivity index (χ1n) is 7.70. The second-order valence-corrected chi connectivity index (χ2v) is 6.89. The van der Waals surface area contributed by atoms with Crippen LogP contribution in [0.25, 0.3) is 6.08 Å². The van der Waals surface area contributed by atoms with Gasteiger partial charge in [0.2, 0.25) is 0 Å². The second kappa shape index (κ2) is 7.21. The lowest BCUT2D eigenvalue weighted by molar-refractivity contribution is 0.0187. The van der Waals surface area contributed by atoms with Crippen molar-refractivity contribution in [2.24, 2.45) is 0 Å². The van der Waals surface area contributed by atoms with Crippen LogP contribution >= 0.6 is 11.6 Å². The molecule has 1 amide bonds. The van der Waals surface area contributed by atoms with E-state index in [-0.39, 0.29) is 12.1 Å². The fraction of sp³-hybridized carbons (Fsp3) is 0.529. The van der Waals surface area contributed by atoms with Crippen molar-refractivity contribution in [3.05, 3.63) is 29.6 Å². The molecule has 1 aliphatic rings. The standard InChI is InChI=1S/C17H23ClN2O3/c1-5-12-9-14(10-19-15(12)18)22-11-13-7-6-8-20(13)16(21)23-17(2,3)4/h5,9-10,13H,1,6-8,11H2,2-4H3/t13-/m1/s1. The maximum atomic E-state index is 12.2. The van der Waals surface area contributed by atoms with E-state index in [0.717, 1.165) is 18.4 Å². The van der Waals surface area contributed by atoms with Crippen LogP contribution in [0.1, 0.15) is 39.2 Å². The number of nitrogens with zero attached hydrogens (tertiary/aromatic N) is 2. The number of rotatable bonds is 4. The van der Waals surface area contributed by atoms with Gasteiger partial charge in [0.05, 0.1) is 12.2 Å². The van der Waals surface area contributed by atoms with Crippen LogP contribution < -0.4 is 4.74 Å². The third-order valence-corrected chi connectivity index (χ3v) is 3.82. The molecule has 126 valence electrons. The fourth-order valence-electron chi connectivity index (χ4n) is 2.43. The molecule has 1 saturated heterocycles. The number of likely N-dealkylation sites (tertiary alicyclic amines) is 1. The van der Waals surface area contributed by atoms with Gasteiger partial charge in [-0.25, -0.2) is 9.78 Å². The molecule has 2 rings (SSSR count). The topological polar surface area (TPSA) is 51.7 Å². The van der Waals surface area contributed by atoms with Crippen molar-refractivity contribution in [1.29, 1.82) is 0 Å². The molecular formula is C17H23ClN2O3. The fourth-order valence-corrected chi connectivity index (χ4v) is 2.61. The number of hydrogen-bond acceptors (Lipinski definition) is 4. The molecule has 0 N–H and O–H groups in total. The Balaban J connectivity index is 1.96. The highest BCUT2D eigenvalue weighted by Gasteiger charge is 2.32. The highest BCUT2D eigenvalue weighted by atomic mass is 35.5. The Morgan fingerprint density at radius 1 is 1.57 bits per heavy atom. The molecule has 1 aromatic rings. The van der Waals surface area contributed by atoms with E-state index in [0.29, 0.717) is 24.1 Å². The maximum Gasteiger partial charge on any atom is 0.410 e. The van der Waals surface area contributed by atoms with Crippen LogP contribution in [0.15, 0.2) is 18.8 Å². The zero-order valence-electron chi connectivity index (χ0n) is 13.8. The minimum atomic E-state index is -0.496. The van der Waals surface area contributed by atoms with Crippen molar-refractivity contribution in [3.8, 4) is 5.75 Å². The molecule has 0 spiro atoms. The molecule has 23 heavy (non-hydrogen) atoms. The summed E-state index contributed by atoms with van der Waals surface area (Å²) in [5.74, 6) is 0.611. The summed E-state index contributed by atoms with van der Waals surface area (Å²) in [5, 5.41) is 0.392. The number of aromatic nitrogens is 1. The van der Waals surface area contributed by atoms with Gasteiger partial charge in [-0.15, -0.1) is 0 Å². The zero-order valence-corrected chi connectivity index (χ0v) is 14.6. The lowest BCUT2D eigenvalue weighted by Gasteiger charge is -2.28. The van der Waals surface area contributed by atoms with Gasteiger partial charge in [0.1, 0.15) is 23.1 Å². The van der Waals surface area contributed by atoms with Crippen LogP contribution in [0, 0.1) is 0 Å². The molecule has 0 saturated carbocycles. The number of ether oxygens (including phenoxy) is 2. The van der Waals surface area contributed by atoms with Crippen LogP contribution in [-0.4, -0.2) is 40.8 Å². The van der Waals surface area contributed by atoms with Gasteiger partial charge in [0.15, 0.2) is 0 Å². The summed E-state index contributed by atoms with van der Waals surface area (Å²) >= 11 is 5.94. The first-order valence-corrected chi connectivity index (χ1v) is 8.08. The van der Waals surface area contributed by atoms with Crippen molar-refractivity contribution in [1.82, 2.24) is 9.88 Å². The van der Waals surface area contributed by atoms with Gasteiger partial charge in [-0.05, 0) is 39.7 Å². The number of carbonyl (C=O) groups is 1. The van der Waals surface area contributed by atoms with Crippen LogP contribution in [0.5, 0.6) is 5.75 Å². The van der Waals surface area contributed by atoms with Crippen molar-refractivity contribution >= 4 is 23.8 Å². The predicted octanol–water partition coefficient (Wildman–Crippen LogP) is 4.16. The molecule has 0 radical (unpaired) electrons. The highest BCUT2D eigenvalue weighted by molar-refractivity contribution is 6.30. The summed E-state index contributed by atoms with van der Waals surface area (Å²) in [6.07, 6.45) is 4.76. The van der Waals surface area contributed by atoms with E-state index in [9.17, 15) is 4.79 Å². The average Bonchev–Trinajstić information content (AvgIpc) is 2.93. The monoisotopic (exact) mass is 338 g/mol. The largest absolute Gasteiger partial charge is 0.490 e. The molecule has 5 nitrogen and oxygen atoms in total. The van der Waals surface area contributed by atoms with E-state index in [1.54, 1.807) is 23.2 Å². The molecule has 0 aromatic carbocycles. The Kier molecular flexibility index (Phi) is 5.52. The van der Waals surface area contributed by atoms with E-state index in [1.807, 2.05) is 20.8 Å². The molecule has 0 bridgehead atoms. The molecule has 1 atom stereocenters. The van der Waals surface area contributed by atoms with Gasteiger partial charge < -0.3 is 14.4 Å². The Morgan fingerprint density at radius 3 is 2.96 bits per heavy atom. The summed E-state index contributed by atoms with van der Waals surface area (Å²) in [7, 11) is 0. The van der Waals surface area contributed by atoms with E-state index in [2.05, 4.69) is 11.6 Å². The number of halogens is 1.